The zero-order valence-electron chi connectivity index (χ0n) is 7.17. The zero-order chi connectivity index (χ0) is 6.97. The van der Waals surface area contributed by atoms with Crippen molar-refractivity contribution in [3.63, 3.8) is 0 Å². The number of aryl methyl sites for hydroxylation is 1. The molecule has 1 saturated carbocycles. The monoisotopic (exact) mass is 170 g/mol. The van der Waals surface area contributed by atoms with Crippen molar-refractivity contribution in [3.8, 4) is 0 Å². The SMILES string of the molecule is Cc1ccccc1[C@@H]1[CH-]C1.[K+]. The van der Waals surface area contributed by atoms with Crippen LogP contribution in [0.5, 0.6) is 0 Å². The van der Waals surface area contributed by atoms with Gasteiger partial charge in [-0.05, 0) is 6.92 Å². The van der Waals surface area contributed by atoms with Crippen LogP contribution in [-0.2, 0) is 0 Å². The van der Waals surface area contributed by atoms with E-state index in [1.54, 1.807) is 0 Å². The summed E-state index contributed by atoms with van der Waals surface area (Å²) in [5.41, 5.74) is 2.95. The quantitative estimate of drug-likeness (QED) is 0.401. The van der Waals surface area contributed by atoms with Crippen molar-refractivity contribution in [1.82, 2.24) is 0 Å². The third-order valence-corrected chi connectivity index (χ3v) is 2.06. The predicted octanol–water partition coefficient (Wildman–Crippen LogP) is -0.309. The molecule has 52 valence electrons. The summed E-state index contributed by atoms with van der Waals surface area (Å²) in [5.74, 6) is 0.779. The Bertz CT molecular complexity index is 238. The average molecular weight is 170 g/mol. The molecule has 0 aliphatic heterocycles. The van der Waals surface area contributed by atoms with Gasteiger partial charge in [0.1, 0.15) is 0 Å². The molecular formula is C10H11K. The Morgan fingerprint density at radius 3 is 2.55 bits per heavy atom. The molecule has 1 heteroatoms. The normalized spacial score (nSPS) is 20.6. The maximum Gasteiger partial charge on any atom is 1.00 e. The Balaban J connectivity index is 0.000000605. The van der Waals surface area contributed by atoms with E-state index in [1.165, 1.54) is 17.5 Å². The third-order valence-electron chi connectivity index (χ3n) is 2.06. The molecule has 1 atom stereocenters. The van der Waals surface area contributed by atoms with Gasteiger partial charge in [-0.3, -0.25) is 0 Å². The van der Waals surface area contributed by atoms with Crippen molar-refractivity contribution < 1.29 is 51.4 Å². The van der Waals surface area contributed by atoms with E-state index in [2.05, 4.69) is 37.6 Å². The molecule has 0 saturated heterocycles. The van der Waals surface area contributed by atoms with Crippen LogP contribution in [0.2, 0.25) is 0 Å². The average Bonchev–Trinajstić information content (AvgIpc) is 2.71. The molecule has 0 N–H and O–H groups in total. The molecule has 0 radical (unpaired) electrons. The Hall–Kier alpha value is 0.856. The molecule has 0 spiro atoms. The van der Waals surface area contributed by atoms with Gasteiger partial charge in [0.2, 0.25) is 0 Å². The third kappa shape index (κ3) is 2.39. The van der Waals surface area contributed by atoms with Gasteiger partial charge in [0.05, 0.1) is 0 Å². The zero-order valence-corrected chi connectivity index (χ0v) is 10.3. The molecule has 1 aromatic carbocycles. The van der Waals surface area contributed by atoms with E-state index in [9.17, 15) is 0 Å². The van der Waals surface area contributed by atoms with Gasteiger partial charge >= 0.3 is 51.4 Å². The van der Waals surface area contributed by atoms with E-state index in [0.29, 0.717) is 0 Å². The minimum absolute atomic E-state index is 0. The second kappa shape index (κ2) is 4.19. The number of rotatable bonds is 1. The minimum atomic E-state index is 0. The van der Waals surface area contributed by atoms with Crippen LogP contribution < -0.4 is 51.4 Å². The summed E-state index contributed by atoms with van der Waals surface area (Å²) in [7, 11) is 0. The molecular weight excluding hydrogens is 159 g/mol. The first-order valence-electron chi connectivity index (χ1n) is 3.77. The standard InChI is InChI=1S/C10H11.K/c1-8-4-2-3-5-10(8)9-6-7-9;/h2-6,9H,7H2,1H3;/q-1;+1/t9-;/m1./s1. The molecule has 1 aliphatic rings. The van der Waals surface area contributed by atoms with Gasteiger partial charge in [-0.25, -0.2) is 0 Å². The van der Waals surface area contributed by atoms with Crippen LogP contribution >= 0.6 is 0 Å². The summed E-state index contributed by atoms with van der Waals surface area (Å²) < 4.78 is 0. The van der Waals surface area contributed by atoms with E-state index in [-0.39, 0.29) is 51.4 Å². The number of hydrogen-bond acceptors (Lipinski definition) is 0. The molecule has 1 fully saturated rings. The van der Waals surface area contributed by atoms with E-state index in [4.69, 9.17) is 0 Å². The van der Waals surface area contributed by atoms with Gasteiger partial charge in [-0.15, -0.1) is 0 Å². The van der Waals surface area contributed by atoms with Gasteiger partial charge in [0, 0.05) is 0 Å². The van der Waals surface area contributed by atoms with Crippen LogP contribution in [0.3, 0.4) is 0 Å². The summed E-state index contributed by atoms with van der Waals surface area (Å²) in [4.78, 5) is 0. The Labute approximate surface area is 111 Å². The van der Waals surface area contributed by atoms with Gasteiger partial charge in [0.15, 0.2) is 0 Å². The van der Waals surface area contributed by atoms with Crippen LogP contribution in [-0.4, -0.2) is 0 Å². The second-order valence-electron chi connectivity index (χ2n) is 2.93. The Kier molecular flexibility index (Phi) is 3.79. The summed E-state index contributed by atoms with van der Waals surface area (Å²) in [6.07, 6.45) is 3.63. The fraction of sp³-hybridized carbons (Fsp3) is 0.300. The molecule has 2 rings (SSSR count). The van der Waals surface area contributed by atoms with Gasteiger partial charge in [-0.2, -0.15) is 12.3 Å². The molecule has 0 aromatic heterocycles. The van der Waals surface area contributed by atoms with Crippen molar-refractivity contribution in [1.29, 1.82) is 0 Å². The van der Waals surface area contributed by atoms with Crippen LogP contribution in [0.25, 0.3) is 0 Å². The van der Waals surface area contributed by atoms with Crippen molar-refractivity contribution in [2.24, 2.45) is 0 Å². The Morgan fingerprint density at radius 2 is 2.00 bits per heavy atom. The minimum Gasteiger partial charge on any atom is -0.325 e. The molecule has 0 bridgehead atoms. The molecule has 0 amide bonds. The van der Waals surface area contributed by atoms with Crippen molar-refractivity contribution in [2.45, 2.75) is 19.3 Å². The Morgan fingerprint density at radius 1 is 1.36 bits per heavy atom. The maximum atomic E-state index is 2.35. The molecule has 1 aliphatic carbocycles. The van der Waals surface area contributed by atoms with E-state index < -0.39 is 0 Å². The maximum absolute atomic E-state index is 2.35. The summed E-state index contributed by atoms with van der Waals surface area (Å²) in [5, 5.41) is 0. The largest absolute Gasteiger partial charge is 1.00 e. The van der Waals surface area contributed by atoms with Crippen LogP contribution in [0.4, 0.5) is 0 Å². The van der Waals surface area contributed by atoms with Crippen molar-refractivity contribution >= 4 is 0 Å². The van der Waals surface area contributed by atoms with Crippen LogP contribution in [0.15, 0.2) is 24.3 Å². The van der Waals surface area contributed by atoms with E-state index >= 15 is 0 Å². The number of hydrogen-bond donors (Lipinski definition) is 0. The second-order valence-corrected chi connectivity index (χ2v) is 2.93. The summed E-state index contributed by atoms with van der Waals surface area (Å²) >= 11 is 0. The first-order chi connectivity index (χ1) is 4.88. The molecule has 0 heterocycles. The topological polar surface area (TPSA) is 0 Å². The summed E-state index contributed by atoms with van der Waals surface area (Å²) in [6.45, 7) is 2.18. The van der Waals surface area contributed by atoms with Gasteiger partial charge < -0.3 is 6.42 Å². The van der Waals surface area contributed by atoms with Crippen LogP contribution in [0, 0.1) is 13.3 Å². The van der Waals surface area contributed by atoms with E-state index in [0.717, 1.165) is 5.92 Å². The predicted molar refractivity (Wildman–Crippen MR) is 42.8 cm³/mol. The fourth-order valence-corrected chi connectivity index (χ4v) is 1.32. The fourth-order valence-electron chi connectivity index (χ4n) is 1.32. The van der Waals surface area contributed by atoms with Crippen LogP contribution in [0.1, 0.15) is 23.5 Å². The van der Waals surface area contributed by atoms with Gasteiger partial charge in [0.25, 0.3) is 0 Å². The van der Waals surface area contributed by atoms with Crippen molar-refractivity contribution in [3.05, 3.63) is 41.8 Å². The van der Waals surface area contributed by atoms with Crippen molar-refractivity contribution in [2.75, 3.05) is 0 Å². The smallest absolute Gasteiger partial charge is 0.325 e. The molecule has 0 nitrogen and oxygen atoms in total. The number of benzene rings is 1. The van der Waals surface area contributed by atoms with E-state index in [1.807, 2.05) is 0 Å². The first-order valence-corrected chi connectivity index (χ1v) is 3.77. The first kappa shape index (κ1) is 9.94. The molecule has 0 unspecified atom stereocenters. The molecule has 11 heavy (non-hydrogen) atoms. The summed E-state index contributed by atoms with van der Waals surface area (Å²) in [6, 6.07) is 8.63. The van der Waals surface area contributed by atoms with Gasteiger partial charge in [-0.1, -0.05) is 35.4 Å². The molecule has 1 aromatic rings.